The first kappa shape index (κ1) is 9.36. The van der Waals surface area contributed by atoms with Gasteiger partial charge in [0.1, 0.15) is 0 Å². The Balaban J connectivity index is 1.67. The van der Waals surface area contributed by atoms with Crippen LogP contribution in [-0.2, 0) is 11.3 Å². The zero-order valence-corrected chi connectivity index (χ0v) is 8.80. The molecule has 3 atom stereocenters. The molecule has 4 nitrogen and oxygen atoms in total. The molecule has 0 radical (unpaired) electrons. The molecule has 1 saturated carbocycles. The highest BCUT2D eigenvalue weighted by molar-refractivity contribution is 4.93. The largest absolute Gasteiger partial charge is 0.375 e. The van der Waals surface area contributed by atoms with Gasteiger partial charge in [-0.15, -0.1) is 0 Å². The minimum absolute atomic E-state index is 0.418. The molecular weight excluding hydrogens is 190 g/mol. The minimum atomic E-state index is 0.418. The summed E-state index contributed by atoms with van der Waals surface area (Å²) in [5.41, 5.74) is 0. The Kier molecular flexibility index (Phi) is 2.46. The molecule has 1 saturated heterocycles. The lowest BCUT2D eigenvalue weighted by atomic mass is 10.0. The smallest absolute Gasteiger partial charge is 0.0946 e. The number of hydrogen-bond donors (Lipinski definition) is 1. The summed E-state index contributed by atoms with van der Waals surface area (Å²) >= 11 is 0. The SMILES string of the molecule is c1cn(CC2CCC3NCCOC23)cn1. The fraction of sp³-hybridized carbons (Fsp3) is 0.727. The Morgan fingerprint density at radius 2 is 2.47 bits per heavy atom. The van der Waals surface area contributed by atoms with Crippen molar-refractivity contribution in [3.05, 3.63) is 18.7 Å². The van der Waals surface area contributed by atoms with E-state index in [0.29, 0.717) is 18.1 Å². The standard InChI is InChI=1S/C11H17N3O/c1-2-10-11(15-6-4-13-10)9(1)7-14-5-3-12-8-14/h3,5,8-11,13H,1-2,4,6-7H2. The van der Waals surface area contributed by atoms with Crippen LogP contribution in [0.25, 0.3) is 0 Å². The van der Waals surface area contributed by atoms with Crippen LogP contribution >= 0.6 is 0 Å². The Hall–Kier alpha value is -0.870. The van der Waals surface area contributed by atoms with Crippen LogP contribution in [-0.4, -0.2) is 34.8 Å². The van der Waals surface area contributed by atoms with Crippen molar-refractivity contribution >= 4 is 0 Å². The van der Waals surface area contributed by atoms with E-state index < -0.39 is 0 Å². The van der Waals surface area contributed by atoms with Gasteiger partial charge in [0, 0.05) is 37.4 Å². The molecule has 1 aliphatic carbocycles. The van der Waals surface area contributed by atoms with Gasteiger partial charge < -0.3 is 14.6 Å². The number of fused-ring (bicyclic) bond motifs is 1. The van der Waals surface area contributed by atoms with Gasteiger partial charge in [0.2, 0.25) is 0 Å². The third kappa shape index (κ3) is 1.79. The summed E-state index contributed by atoms with van der Waals surface area (Å²) in [4.78, 5) is 4.07. The molecular formula is C11H17N3O. The monoisotopic (exact) mass is 207 g/mol. The van der Waals surface area contributed by atoms with Crippen LogP contribution < -0.4 is 5.32 Å². The van der Waals surface area contributed by atoms with Gasteiger partial charge in [0.05, 0.1) is 19.0 Å². The second-order valence-electron chi connectivity index (χ2n) is 4.49. The number of nitrogens with zero attached hydrogens (tertiary/aromatic N) is 2. The van der Waals surface area contributed by atoms with Crippen molar-refractivity contribution in [1.29, 1.82) is 0 Å². The molecule has 1 aromatic heterocycles. The van der Waals surface area contributed by atoms with E-state index in [-0.39, 0.29) is 0 Å². The Labute approximate surface area is 89.6 Å². The lowest BCUT2D eigenvalue weighted by Crippen LogP contribution is -2.47. The van der Waals surface area contributed by atoms with Gasteiger partial charge in [-0.25, -0.2) is 4.98 Å². The highest BCUT2D eigenvalue weighted by Gasteiger charge is 2.38. The van der Waals surface area contributed by atoms with Crippen molar-refractivity contribution < 1.29 is 4.74 Å². The van der Waals surface area contributed by atoms with E-state index in [4.69, 9.17) is 4.74 Å². The predicted molar refractivity (Wildman–Crippen MR) is 56.5 cm³/mol. The van der Waals surface area contributed by atoms with Gasteiger partial charge in [-0.2, -0.15) is 0 Å². The summed E-state index contributed by atoms with van der Waals surface area (Å²) in [7, 11) is 0. The first-order chi connectivity index (χ1) is 7.43. The Morgan fingerprint density at radius 3 is 3.33 bits per heavy atom. The topological polar surface area (TPSA) is 39.1 Å². The fourth-order valence-electron chi connectivity index (χ4n) is 2.82. The maximum atomic E-state index is 5.87. The summed E-state index contributed by atoms with van der Waals surface area (Å²) in [5.74, 6) is 0.650. The van der Waals surface area contributed by atoms with Crippen molar-refractivity contribution in [2.75, 3.05) is 13.2 Å². The highest BCUT2D eigenvalue weighted by Crippen LogP contribution is 2.31. The summed E-state index contributed by atoms with van der Waals surface area (Å²) < 4.78 is 8.02. The summed E-state index contributed by atoms with van der Waals surface area (Å²) in [6, 6.07) is 0.590. The van der Waals surface area contributed by atoms with E-state index in [2.05, 4.69) is 14.9 Å². The zero-order valence-electron chi connectivity index (χ0n) is 8.80. The van der Waals surface area contributed by atoms with Crippen LogP contribution in [0.4, 0.5) is 0 Å². The maximum absolute atomic E-state index is 5.87. The summed E-state index contributed by atoms with van der Waals surface area (Å²) in [6.07, 6.45) is 8.70. The molecule has 3 rings (SSSR count). The van der Waals surface area contributed by atoms with Crippen LogP contribution in [0.15, 0.2) is 18.7 Å². The summed E-state index contributed by atoms with van der Waals surface area (Å²) in [5, 5.41) is 3.54. The molecule has 0 spiro atoms. The molecule has 15 heavy (non-hydrogen) atoms. The number of nitrogens with one attached hydrogen (secondary N) is 1. The van der Waals surface area contributed by atoms with Gasteiger partial charge >= 0.3 is 0 Å². The molecule has 4 heteroatoms. The van der Waals surface area contributed by atoms with Crippen molar-refractivity contribution in [2.45, 2.75) is 31.5 Å². The first-order valence-corrected chi connectivity index (χ1v) is 5.74. The quantitative estimate of drug-likeness (QED) is 0.774. The van der Waals surface area contributed by atoms with Crippen LogP contribution in [0, 0.1) is 5.92 Å². The Morgan fingerprint density at radius 1 is 1.47 bits per heavy atom. The molecule has 82 valence electrons. The molecule has 1 aromatic rings. The lowest BCUT2D eigenvalue weighted by Gasteiger charge is -2.30. The van der Waals surface area contributed by atoms with E-state index in [1.54, 1.807) is 0 Å². The third-order valence-corrected chi connectivity index (χ3v) is 3.53. The molecule has 1 aliphatic heterocycles. The second kappa shape index (κ2) is 3.94. The van der Waals surface area contributed by atoms with E-state index in [1.807, 2.05) is 18.7 Å². The molecule has 2 heterocycles. The number of imidazole rings is 1. The average Bonchev–Trinajstić information content (AvgIpc) is 2.89. The third-order valence-electron chi connectivity index (χ3n) is 3.53. The molecule has 3 unspecified atom stereocenters. The molecule has 0 aromatic carbocycles. The molecule has 2 fully saturated rings. The van der Waals surface area contributed by atoms with Crippen molar-refractivity contribution in [2.24, 2.45) is 5.92 Å². The average molecular weight is 207 g/mol. The van der Waals surface area contributed by atoms with Gasteiger partial charge in [-0.3, -0.25) is 0 Å². The van der Waals surface area contributed by atoms with Gasteiger partial charge in [0.15, 0.2) is 0 Å². The number of hydrogen-bond acceptors (Lipinski definition) is 3. The Bertz CT molecular complexity index is 312. The van der Waals surface area contributed by atoms with Crippen LogP contribution in [0.1, 0.15) is 12.8 Å². The maximum Gasteiger partial charge on any atom is 0.0946 e. The lowest BCUT2D eigenvalue weighted by molar-refractivity contribution is -0.0180. The van der Waals surface area contributed by atoms with Crippen molar-refractivity contribution in [3.63, 3.8) is 0 Å². The zero-order chi connectivity index (χ0) is 10.1. The minimum Gasteiger partial charge on any atom is -0.375 e. The van der Waals surface area contributed by atoms with Crippen molar-refractivity contribution in [3.8, 4) is 0 Å². The van der Waals surface area contributed by atoms with E-state index >= 15 is 0 Å². The van der Waals surface area contributed by atoms with E-state index in [1.165, 1.54) is 12.8 Å². The number of rotatable bonds is 2. The highest BCUT2D eigenvalue weighted by atomic mass is 16.5. The molecule has 0 amide bonds. The fourth-order valence-corrected chi connectivity index (χ4v) is 2.82. The molecule has 0 bridgehead atoms. The number of ether oxygens (including phenoxy) is 1. The number of morpholine rings is 1. The summed E-state index contributed by atoms with van der Waals surface area (Å²) in [6.45, 7) is 2.92. The predicted octanol–water partition coefficient (Wildman–Crippen LogP) is 0.650. The number of aromatic nitrogens is 2. The van der Waals surface area contributed by atoms with E-state index in [0.717, 1.165) is 19.7 Å². The van der Waals surface area contributed by atoms with Gasteiger partial charge in [-0.1, -0.05) is 0 Å². The van der Waals surface area contributed by atoms with E-state index in [9.17, 15) is 0 Å². The molecule has 2 aliphatic rings. The van der Waals surface area contributed by atoms with Gasteiger partial charge in [0.25, 0.3) is 0 Å². The normalized spacial score (nSPS) is 35.3. The van der Waals surface area contributed by atoms with Crippen LogP contribution in [0.2, 0.25) is 0 Å². The first-order valence-electron chi connectivity index (χ1n) is 5.74. The van der Waals surface area contributed by atoms with Crippen molar-refractivity contribution in [1.82, 2.24) is 14.9 Å². The van der Waals surface area contributed by atoms with Crippen LogP contribution in [0.5, 0.6) is 0 Å². The van der Waals surface area contributed by atoms with Crippen LogP contribution in [0.3, 0.4) is 0 Å². The second-order valence-corrected chi connectivity index (χ2v) is 4.49. The molecule has 1 N–H and O–H groups in total. The van der Waals surface area contributed by atoms with Gasteiger partial charge in [-0.05, 0) is 12.8 Å².